The van der Waals surface area contributed by atoms with Crippen molar-refractivity contribution in [2.24, 2.45) is 0 Å². The van der Waals surface area contributed by atoms with Gasteiger partial charge in [0.15, 0.2) is 5.69 Å². The molecule has 2 heterocycles. The predicted octanol–water partition coefficient (Wildman–Crippen LogP) is 1.99. The first-order chi connectivity index (χ1) is 11.2. The summed E-state index contributed by atoms with van der Waals surface area (Å²) in [7, 11) is 1.32. The minimum atomic E-state index is -0.446. The molecule has 0 spiro atoms. The highest BCUT2D eigenvalue weighted by molar-refractivity contribution is 5.90. The molecule has 3 rings (SSSR count). The summed E-state index contributed by atoms with van der Waals surface area (Å²) in [6.07, 6.45) is 3.25. The number of benzene rings is 1. The molecule has 7 heteroatoms. The standard InChI is InChI=1S/C16H11N5O2/c1-23-16(22)12-3-2-4-13(9-12)21-15(14(10-17)19-20-21)11-5-7-18-8-6-11/h2-9H,1H3. The molecule has 0 bridgehead atoms. The highest BCUT2D eigenvalue weighted by atomic mass is 16.5. The summed E-state index contributed by atoms with van der Waals surface area (Å²) >= 11 is 0. The van der Waals surface area contributed by atoms with Crippen molar-refractivity contribution in [3.05, 3.63) is 60.0 Å². The van der Waals surface area contributed by atoms with Gasteiger partial charge >= 0.3 is 5.97 Å². The molecule has 0 unspecified atom stereocenters. The van der Waals surface area contributed by atoms with Crippen molar-refractivity contribution in [2.45, 2.75) is 0 Å². The van der Waals surface area contributed by atoms with E-state index < -0.39 is 5.97 Å². The molecular formula is C16H11N5O2. The first-order valence-corrected chi connectivity index (χ1v) is 6.69. The summed E-state index contributed by atoms with van der Waals surface area (Å²) in [6, 6.07) is 12.3. The molecule has 0 aliphatic heterocycles. The number of nitrogens with zero attached hydrogens (tertiary/aromatic N) is 5. The van der Waals surface area contributed by atoms with Crippen LogP contribution in [0.2, 0.25) is 0 Å². The lowest BCUT2D eigenvalue weighted by Crippen LogP contribution is -2.05. The van der Waals surface area contributed by atoms with Crippen molar-refractivity contribution in [3.8, 4) is 23.0 Å². The molecule has 0 radical (unpaired) electrons. The molecule has 0 saturated carbocycles. The van der Waals surface area contributed by atoms with Gasteiger partial charge in [-0.05, 0) is 30.3 Å². The van der Waals surface area contributed by atoms with Crippen molar-refractivity contribution < 1.29 is 9.53 Å². The van der Waals surface area contributed by atoms with Crippen molar-refractivity contribution in [1.29, 1.82) is 5.26 Å². The molecule has 0 amide bonds. The van der Waals surface area contributed by atoms with E-state index in [0.29, 0.717) is 16.9 Å². The van der Waals surface area contributed by atoms with Gasteiger partial charge in [0.05, 0.1) is 18.4 Å². The Balaban J connectivity index is 2.17. The van der Waals surface area contributed by atoms with Crippen LogP contribution in [0.4, 0.5) is 0 Å². The van der Waals surface area contributed by atoms with Gasteiger partial charge in [-0.3, -0.25) is 4.98 Å². The van der Waals surface area contributed by atoms with Gasteiger partial charge in [-0.15, -0.1) is 5.10 Å². The molecule has 0 aliphatic carbocycles. The molecule has 0 N–H and O–H groups in total. The summed E-state index contributed by atoms with van der Waals surface area (Å²) < 4.78 is 6.24. The Morgan fingerprint density at radius 3 is 2.74 bits per heavy atom. The van der Waals surface area contributed by atoms with Gasteiger partial charge in [-0.1, -0.05) is 11.3 Å². The largest absolute Gasteiger partial charge is 0.465 e. The maximum absolute atomic E-state index is 11.7. The number of hydrogen-bond acceptors (Lipinski definition) is 6. The molecule has 0 saturated heterocycles. The Morgan fingerprint density at radius 1 is 1.26 bits per heavy atom. The molecule has 0 fully saturated rings. The molecule has 23 heavy (non-hydrogen) atoms. The van der Waals surface area contributed by atoms with E-state index in [1.165, 1.54) is 11.8 Å². The van der Waals surface area contributed by atoms with Crippen LogP contribution in [0.3, 0.4) is 0 Å². The van der Waals surface area contributed by atoms with E-state index in [9.17, 15) is 10.1 Å². The highest BCUT2D eigenvalue weighted by Crippen LogP contribution is 2.24. The molecule has 7 nitrogen and oxygen atoms in total. The van der Waals surface area contributed by atoms with E-state index in [2.05, 4.69) is 15.3 Å². The van der Waals surface area contributed by atoms with Gasteiger partial charge in [0.2, 0.25) is 0 Å². The third kappa shape index (κ3) is 2.65. The van der Waals surface area contributed by atoms with E-state index in [0.717, 1.165) is 5.56 Å². The maximum atomic E-state index is 11.7. The number of carbonyl (C=O) groups excluding carboxylic acids is 1. The zero-order chi connectivity index (χ0) is 16.2. The second-order valence-corrected chi connectivity index (χ2v) is 4.59. The number of aromatic nitrogens is 4. The first kappa shape index (κ1) is 14.4. The van der Waals surface area contributed by atoms with Crippen LogP contribution in [-0.4, -0.2) is 33.1 Å². The molecule has 0 aliphatic rings. The molecule has 0 atom stereocenters. The lowest BCUT2D eigenvalue weighted by Gasteiger charge is -2.08. The van der Waals surface area contributed by atoms with E-state index in [4.69, 9.17) is 4.74 Å². The van der Waals surface area contributed by atoms with E-state index in [-0.39, 0.29) is 5.69 Å². The Morgan fingerprint density at radius 2 is 2.04 bits per heavy atom. The van der Waals surface area contributed by atoms with Gasteiger partial charge in [0.25, 0.3) is 0 Å². The predicted molar refractivity (Wildman–Crippen MR) is 80.6 cm³/mol. The Kier molecular flexibility index (Phi) is 3.80. The van der Waals surface area contributed by atoms with Crippen LogP contribution >= 0.6 is 0 Å². The van der Waals surface area contributed by atoms with E-state index in [1.54, 1.807) is 48.8 Å². The summed E-state index contributed by atoms with van der Waals surface area (Å²) in [4.78, 5) is 15.7. The molecule has 2 aromatic heterocycles. The maximum Gasteiger partial charge on any atom is 0.337 e. The van der Waals surface area contributed by atoms with Crippen LogP contribution in [0.5, 0.6) is 0 Å². The smallest absolute Gasteiger partial charge is 0.337 e. The number of methoxy groups -OCH3 is 1. The Labute approximate surface area is 131 Å². The zero-order valence-electron chi connectivity index (χ0n) is 12.2. The van der Waals surface area contributed by atoms with Crippen LogP contribution in [0.25, 0.3) is 16.9 Å². The van der Waals surface area contributed by atoms with Gasteiger partial charge in [0, 0.05) is 18.0 Å². The molecule has 112 valence electrons. The van der Waals surface area contributed by atoms with E-state index in [1.807, 2.05) is 6.07 Å². The summed E-state index contributed by atoms with van der Waals surface area (Å²) in [5, 5.41) is 17.2. The Bertz CT molecular complexity index is 896. The van der Waals surface area contributed by atoms with Crippen molar-refractivity contribution in [2.75, 3.05) is 7.11 Å². The average Bonchev–Trinajstić information content (AvgIpc) is 3.06. The number of hydrogen-bond donors (Lipinski definition) is 0. The Hall–Kier alpha value is -3.53. The van der Waals surface area contributed by atoms with Crippen molar-refractivity contribution >= 4 is 5.97 Å². The fourth-order valence-corrected chi connectivity index (χ4v) is 2.19. The van der Waals surface area contributed by atoms with Gasteiger partial charge in [-0.25, -0.2) is 9.48 Å². The minimum Gasteiger partial charge on any atom is -0.465 e. The number of carbonyl (C=O) groups is 1. The van der Waals surface area contributed by atoms with Crippen LogP contribution in [0.1, 0.15) is 16.1 Å². The van der Waals surface area contributed by atoms with Gasteiger partial charge in [-0.2, -0.15) is 5.26 Å². The molecular weight excluding hydrogens is 294 g/mol. The van der Waals surface area contributed by atoms with Crippen molar-refractivity contribution in [1.82, 2.24) is 20.0 Å². The van der Waals surface area contributed by atoms with Gasteiger partial charge in [0.1, 0.15) is 11.8 Å². The zero-order valence-corrected chi connectivity index (χ0v) is 12.2. The number of nitriles is 1. The van der Waals surface area contributed by atoms with Crippen LogP contribution in [0, 0.1) is 11.3 Å². The monoisotopic (exact) mass is 305 g/mol. The number of pyridine rings is 1. The fraction of sp³-hybridized carbons (Fsp3) is 0.0625. The van der Waals surface area contributed by atoms with Crippen LogP contribution in [-0.2, 0) is 4.74 Å². The lowest BCUT2D eigenvalue weighted by atomic mass is 10.1. The average molecular weight is 305 g/mol. The first-order valence-electron chi connectivity index (χ1n) is 6.69. The third-order valence-electron chi connectivity index (χ3n) is 3.24. The minimum absolute atomic E-state index is 0.194. The van der Waals surface area contributed by atoms with Crippen LogP contribution < -0.4 is 0 Å². The SMILES string of the molecule is COC(=O)c1cccc(-n2nnc(C#N)c2-c2ccncc2)c1. The topological polar surface area (TPSA) is 93.7 Å². The summed E-state index contributed by atoms with van der Waals surface area (Å²) in [6.45, 7) is 0. The third-order valence-corrected chi connectivity index (χ3v) is 3.24. The van der Waals surface area contributed by atoms with E-state index >= 15 is 0 Å². The van der Waals surface area contributed by atoms with Crippen LogP contribution in [0.15, 0.2) is 48.8 Å². The quantitative estimate of drug-likeness (QED) is 0.687. The number of rotatable bonds is 3. The second-order valence-electron chi connectivity index (χ2n) is 4.59. The summed E-state index contributed by atoms with van der Waals surface area (Å²) in [5.41, 5.74) is 2.48. The van der Waals surface area contributed by atoms with Gasteiger partial charge < -0.3 is 4.74 Å². The summed E-state index contributed by atoms with van der Waals surface area (Å²) in [5.74, 6) is -0.446. The highest BCUT2D eigenvalue weighted by Gasteiger charge is 2.17. The number of esters is 1. The number of ether oxygens (including phenoxy) is 1. The molecule has 3 aromatic rings. The normalized spacial score (nSPS) is 10.1. The van der Waals surface area contributed by atoms with Crippen molar-refractivity contribution in [3.63, 3.8) is 0 Å². The second kappa shape index (κ2) is 6.07. The fourth-order valence-electron chi connectivity index (χ4n) is 2.19. The molecule has 1 aromatic carbocycles. The lowest BCUT2D eigenvalue weighted by molar-refractivity contribution is 0.0600.